The van der Waals surface area contributed by atoms with Gasteiger partial charge in [-0.2, -0.15) is 0 Å². The Labute approximate surface area is 135 Å². The lowest BCUT2D eigenvalue weighted by Crippen LogP contribution is -2.18. The molecule has 22 heavy (non-hydrogen) atoms. The number of anilines is 1. The van der Waals surface area contributed by atoms with E-state index in [4.69, 9.17) is 16.7 Å². The number of aliphatic carboxylic acids is 1. The molecule has 0 bridgehead atoms. The normalized spacial score (nSPS) is 11.2. The van der Waals surface area contributed by atoms with Crippen molar-refractivity contribution in [2.24, 2.45) is 0 Å². The zero-order valence-corrected chi connectivity index (χ0v) is 13.6. The number of benzene rings is 1. The van der Waals surface area contributed by atoms with E-state index in [1.54, 1.807) is 13.0 Å². The highest BCUT2D eigenvalue weighted by Gasteiger charge is 2.24. The van der Waals surface area contributed by atoms with E-state index in [0.717, 1.165) is 11.3 Å². The van der Waals surface area contributed by atoms with Crippen LogP contribution in [0.25, 0.3) is 0 Å². The third-order valence-electron chi connectivity index (χ3n) is 2.82. The Morgan fingerprint density at radius 1 is 1.27 bits per heavy atom. The van der Waals surface area contributed by atoms with Gasteiger partial charge >= 0.3 is 5.97 Å². The molecule has 0 spiro atoms. The summed E-state index contributed by atoms with van der Waals surface area (Å²) in [5.41, 5.74) is 0.287. The summed E-state index contributed by atoms with van der Waals surface area (Å²) in [6.07, 6.45) is 0. The van der Waals surface area contributed by atoms with Gasteiger partial charge in [0.1, 0.15) is 4.88 Å². The number of sulfonamides is 1. The number of rotatable bonds is 5. The standard InChI is InChI=1S/C13H10ClNO5S2/c1-7-8(14)3-2-4-10(7)22(19,20)15-9-5-6-21-12(9)11(16)13(17)18/h2-6,15H,1H3,(H,17,18). The molecule has 0 unspecified atom stereocenters. The Morgan fingerprint density at radius 2 is 1.95 bits per heavy atom. The second-order valence-electron chi connectivity index (χ2n) is 4.27. The van der Waals surface area contributed by atoms with Gasteiger partial charge in [0, 0.05) is 5.02 Å². The van der Waals surface area contributed by atoms with E-state index in [2.05, 4.69) is 4.72 Å². The van der Waals surface area contributed by atoms with Crippen molar-refractivity contribution in [2.75, 3.05) is 4.72 Å². The van der Waals surface area contributed by atoms with Gasteiger partial charge in [-0.05, 0) is 36.1 Å². The van der Waals surface area contributed by atoms with Crippen molar-refractivity contribution in [3.8, 4) is 0 Å². The van der Waals surface area contributed by atoms with Crippen molar-refractivity contribution in [1.82, 2.24) is 0 Å². The first kappa shape index (κ1) is 16.5. The molecule has 2 aromatic rings. The number of carboxylic acids is 1. The van der Waals surface area contributed by atoms with Gasteiger partial charge in [-0.1, -0.05) is 17.7 Å². The molecule has 9 heteroatoms. The molecule has 0 radical (unpaired) electrons. The Morgan fingerprint density at radius 3 is 2.59 bits per heavy atom. The summed E-state index contributed by atoms with van der Waals surface area (Å²) in [4.78, 5) is 22.0. The first-order valence-corrected chi connectivity index (χ1v) is 8.61. The molecule has 116 valence electrons. The van der Waals surface area contributed by atoms with Crippen molar-refractivity contribution >= 4 is 50.4 Å². The predicted octanol–water partition coefficient (Wildman–Crippen LogP) is 2.78. The number of carbonyl (C=O) groups is 2. The SMILES string of the molecule is Cc1c(Cl)cccc1S(=O)(=O)Nc1ccsc1C(=O)C(=O)O. The van der Waals surface area contributed by atoms with Gasteiger partial charge in [-0.25, -0.2) is 13.2 Å². The van der Waals surface area contributed by atoms with E-state index in [1.165, 1.54) is 23.6 Å². The number of hydrogen-bond donors (Lipinski definition) is 2. The minimum atomic E-state index is -3.99. The zero-order valence-electron chi connectivity index (χ0n) is 11.2. The first-order chi connectivity index (χ1) is 10.2. The molecule has 0 aliphatic carbocycles. The maximum atomic E-state index is 12.4. The van der Waals surface area contributed by atoms with Crippen LogP contribution in [-0.4, -0.2) is 25.3 Å². The minimum Gasteiger partial charge on any atom is -0.475 e. The van der Waals surface area contributed by atoms with E-state index < -0.39 is 21.8 Å². The predicted molar refractivity (Wildman–Crippen MR) is 83.3 cm³/mol. The van der Waals surface area contributed by atoms with Crippen LogP contribution in [0.2, 0.25) is 5.02 Å². The average Bonchev–Trinajstić information content (AvgIpc) is 2.87. The summed E-state index contributed by atoms with van der Waals surface area (Å²) in [5, 5.41) is 10.5. The molecular formula is C13H10ClNO5S2. The fourth-order valence-corrected chi connectivity index (χ4v) is 4.16. The monoisotopic (exact) mass is 359 g/mol. The van der Waals surface area contributed by atoms with Crippen LogP contribution in [0.15, 0.2) is 34.5 Å². The molecular weight excluding hydrogens is 350 g/mol. The van der Waals surface area contributed by atoms with Crippen molar-refractivity contribution in [2.45, 2.75) is 11.8 Å². The smallest absolute Gasteiger partial charge is 0.378 e. The highest BCUT2D eigenvalue weighted by Crippen LogP contribution is 2.28. The lowest BCUT2D eigenvalue weighted by Gasteiger charge is -2.11. The van der Waals surface area contributed by atoms with Crippen LogP contribution in [0.4, 0.5) is 5.69 Å². The van der Waals surface area contributed by atoms with Crippen LogP contribution >= 0.6 is 22.9 Å². The lowest BCUT2D eigenvalue weighted by atomic mass is 10.2. The van der Waals surface area contributed by atoms with Crippen LogP contribution in [0.1, 0.15) is 15.2 Å². The Bertz CT molecular complexity index is 857. The number of thiophene rings is 1. The largest absolute Gasteiger partial charge is 0.475 e. The van der Waals surface area contributed by atoms with Crippen LogP contribution in [-0.2, 0) is 14.8 Å². The van der Waals surface area contributed by atoms with E-state index in [9.17, 15) is 18.0 Å². The molecule has 6 nitrogen and oxygen atoms in total. The minimum absolute atomic E-state index is 0.0417. The molecule has 0 aliphatic rings. The van der Waals surface area contributed by atoms with E-state index in [-0.39, 0.29) is 20.5 Å². The number of halogens is 1. The summed E-state index contributed by atoms with van der Waals surface area (Å²) in [6.45, 7) is 1.55. The molecule has 1 aromatic carbocycles. The van der Waals surface area contributed by atoms with E-state index >= 15 is 0 Å². The average molecular weight is 360 g/mol. The Kier molecular flexibility index (Phi) is 4.55. The van der Waals surface area contributed by atoms with Crippen molar-refractivity contribution in [3.63, 3.8) is 0 Å². The molecule has 0 saturated heterocycles. The third-order valence-corrected chi connectivity index (χ3v) is 5.65. The fraction of sp³-hybridized carbons (Fsp3) is 0.0769. The lowest BCUT2D eigenvalue weighted by molar-refractivity contribution is -0.131. The first-order valence-electron chi connectivity index (χ1n) is 5.87. The van der Waals surface area contributed by atoms with Crippen molar-refractivity contribution < 1.29 is 23.1 Å². The number of hydrogen-bond acceptors (Lipinski definition) is 5. The molecule has 2 N–H and O–H groups in total. The van der Waals surface area contributed by atoms with Gasteiger partial charge in [0.15, 0.2) is 0 Å². The van der Waals surface area contributed by atoms with Gasteiger partial charge < -0.3 is 5.11 Å². The van der Waals surface area contributed by atoms with Crippen LogP contribution in [0, 0.1) is 6.92 Å². The third kappa shape index (κ3) is 3.13. The molecule has 0 atom stereocenters. The molecule has 0 fully saturated rings. The summed E-state index contributed by atoms with van der Waals surface area (Å²) in [7, 11) is -3.99. The van der Waals surface area contributed by atoms with Gasteiger partial charge in [-0.3, -0.25) is 9.52 Å². The van der Waals surface area contributed by atoms with Crippen molar-refractivity contribution in [1.29, 1.82) is 0 Å². The molecule has 1 aromatic heterocycles. The van der Waals surface area contributed by atoms with Gasteiger partial charge in [0.25, 0.3) is 15.8 Å². The molecule has 0 amide bonds. The van der Waals surface area contributed by atoms with E-state index in [1.807, 2.05) is 0 Å². The highest BCUT2D eigenvalue weighted by molar-refractivity contribution is 7.92. The molecule has 1 heterocycles. The van der Waals surface area contributed by atoms with E-state index in [0.29, 0.717) is 5.56 Å². The number of carboxylic acid groups (broad SMARTS) is 1. The van der Waals surface area contributed by atoms with Crippen LogP contribution in [0.3, 0.4) is 0 Å². The number of Topliss-reactive ketones (excluding diaryl/α,β-unsaturated/α-hetero) is 1. The summed E-state index contributed by atoms with van der Waals surface area (Å²) in [6, 6.07) is 5.74. The van der Waals surface area contributed by atoms with Crippen molar-refractivity contribution in [3.05, 3.63) is 45.1 Å². The highest BCUT2D eigenvalue weighted by atomic mass is 35.5. The van der Waals surface area contributed by atoms with Crippen LogP contribution < -0.4 is 4.72 Å². The second kappa shape index (κ2) is 6.07. The Balaban J connectivity index is 2.43. The fourth-order valence-electron chi connectivity index (χ4n) is 1.74. The number of carbonyl (C=O) groups excluding carboxylic acids is 1. The molecule has 2 rings (SSSR count). The van der Waals surface area contributed by atoms with Gasteiger partial charge in [-0.15, -0.1) is 11.3 Å². The second-order valence-corrected chi connectivity index (χ2v) is 7.24. The van der Waals surface area contributed by atoms with Crippen LogP contribution in [0.5, 0.6) is 0 Å². The Hall–Kier alpha value is -1.90. The van der Waals surface area contributed by atoms with Gasteiger partial charge in [0.2, 0.25) is 0 Å². The molecule has 0 saturated carbocycles. The zero-order chi connectivity index (χ0) is 16.5. The number of nitrogens with one attached hydrogen (secondary N) is 1. The summed E-state index contributed by atoms with van der Waals surface area (Å²) < 4.78 is 27.0. The maximum Gasteiger partial charge on any atom is 0.378 e. The quantitative estimate of drug-likeness (QED) is 0.631. The maximum absolute atomic E-state index is 12.4. The van der Waals surface area contributed by atoms with Gasteiger partial charge in [0.05, 0.1) is 10.6 Å². The number of ketones is 1. The molecule has 0 aliphatic heterocycles. The topological polar surface area (TPSA) is 101 Å². The summed E-state index contributed by atoms with van der Waals surface area (Å²) >= 11 is 6.75. The summed E-state index contributed by atoms with van der Waals surface area (Å²) in [5.74, 6) is -2.82.